The molecule has 1 amide bonds. The van der Waals surface area contributed by atoms with Gasteiger partial charge in [0.25, 0.3) is 5.56 Å². The summed E-state index contributed by atoms with van der Waals surface area (Å²) in [5, 5.41) is 2.98. The molecule has 1 saturated carbocycles. The molecular weight excluding hydrogens is 504 g/mol. The Kier molecular flexibility index (Phi) is 6.44. The Labute approximate surface area is 206 Å². The van der Waals surface area contributed by atoms with Gasteiger partial charge in [-0.2, -0.15) is 0 Å². The SMILES string of the molecule is CC1(C)C(C=C(Cl)Cl)C1C(=O)NC(N1C[C@H]2C[C@@H](C1)c1cccc(=O)n1C2)C(Cl)(Cl)Cl. The van der Waals surface area contributed by atoms with Crippen molar-refractivity contribution in [1.82, 2.24) is 14.8 Å². The van der Waals surface area contributed by atoms with E-state index in [2.05, 4.69) is 5.32 Å². The summed E-state index contributed by atoms with van der Waals surface area (Å²) >= 11 is 30.7. The Morgan fingerprint density at radius 3 is 2.58 bits per heavy atom. The van der Waals surface area contributed by atoms with E-state index in [1.54, 1.807) is 18.2 Å². The van der Waals surface area contributed by atoms with Crippen LogP contribution >= 0.6 is 58.0 Å². The van der Waals surface area contributed by atoms with Gasteiger partial charge in [0, 0.05) is 37.3 Å². The van der Waals surface area contributed by atoms with Crippen LogP contribution in [0.2, 0.25) is 0 Å². The van der Waals surface area contributed by atoms with Crippen LogP contribution in [-0.4, -0.2) is 38.4 Å². The Morgan fingerprint density at radius 2 is 1.94 bits per heavy atom. The number of carbonyl (C=O) groups excluding carboxylic acids is 1. The number of hydrogen-bond donors (Lipinski definition) is 1. The maximum Gasteiger partial charge on any atom is 0.250 e. The molecule has 2 bridgehead atoms. The number of allylic oxidation sites excluding steroid dienone is 1. The number of amides is 1. The first-order chi connectivity index (χ1) is 14.4. The molecule has 31 heavy (non-hydrogen) atoms. The smallest absolute Gasteiger partial charge is 0.250 e. The van der Waals surface area contributed by atoms with Crippen LogP contribution in [0.4, 0.5) is 0 Å². The first kappa shape index (κ1) is 23.7. The quantitative estimate of drug-likeness (QED) is 0.579. The summed E-state index contributed by atoms with van der Waals surface area (Å²) in [4.78, 5) is 27.4. The minimum Gasteiger partial charge on any atom is -0.336 e. The lowest BCUT2D eigenvalue weighted by molar-refractivity contribution is -0.125. The summed E-state index contributed by atoms with van der Waals surface area (Å²) in [6, 6.07) is 5.35. The van der Waals surface area contributed by atoms with Crippen molar-refractivity contribution in [2.45, 2.75) is 42.7 Å². The molecule has 10 heteroatoms. The molecule has 2 aliphatic heterocycles. The largest absolute Gasteiger partial charge is 0.336 e. The number of piperidine rings is 1. The Hall–Kier alpha value is -0.430. The first-order valence-corrected chi connectivity index (χ1v) is 12.1. The molecule has 2 fully saturated rings. The van der Waals surface area contributed by atoms with Crippen LogP contribution < -0.4 is 10.9 Å². The molecule has 5 nitrogen and oxygen atoms in total. The summed E-state index contributed by atoms with van der Waals surface area (Å²) in [5.41, 5.74) is 0.725. The average Bonchev–Trinajstić information content (AvgIpc) is 3.18. The molecule has 170 valence electrons. The van der Waals surface area contributed by atoms with Crippen LogP contribution in [0.25, 0.3) is 0 Å². The average molecular weight is 528 g/mol. The fraction of sp³-hybridized carbons (Fsp3) is 0.619. The van der Waals surface area contributed by atoms with Crippen molar-refractivity contribution in [2.24, 2.45) is 23.2 Å². The van der Waals surface area contributed by atoms with E-state index in [4.69, 9.17) is 58.0 Å². The number of aromatic nitrogens is 1. The third kappa shape index (κ3) is 4.64. The van der Waals surface area contributed by atoms with Gasteiger partial charge in [0.1, 0.15) is 10.7 Å². The lowest BCUT2D eigenvalue weighted by Gasteiger charge is -2.47. The number of nitrogens with one attached hydrogen (secondary N) is 1. The van der Waals surface area contributed by atoms with Crippen LogP contribution in [0.5, 0.6) is 0 Å². The second-order valence-corrected chi connectivity index (χ2v) is 12.8. The van der Waals surface area contributed by atoms with E-state index in [-0.39, 0.29) is 45.0 Å². The lowest BCUT2D eigenvalue weighted by atomic mass is 9.83. The number of likely N-dealkylation sites (tertiary alicyclic amines) is 1. The molecule has 0 aromatic carbocycles. The molecule has 1 aromatic rings. The van der Waals surface area contributed by atoms with Crippen LogP contribution in [0, 0.1) is 23.2 Å². The maximum atomic E-state index is 13.1. The van der Waals surface area contributed by atoms with E-state index in [0.717, 1.165) is 12.1 Å². The van der Waals surface area contributed by atoms with Crippen molar-refractivity contribution < 1.29 is 4.79 Å². The van der Waals surface area contributed by atoms with Crippen molar-refractivity contribution in [2.75, 3.05) is 13.1 Å². The minimum absolute atomic E-state index is 0.0138. The van der Waals surface area contributed by atoms with Crippen molar-refractivity contribution in [3.8, 4) is 0 Å². The molecule has 4 rings (SSSR count). The number of nitrogens with zero attached hydrogens (tertiary/aromatic N) is 2. The van der Waals surface area contributed by atoms with Gasteiger partial charge in [-0.15, -0.1) is 0 Å². The van der Waals surface area contributed by atoms with Crippen molar-refractivity contribution in [3.63, 3.8) is 0 Å². The number of pyridine rings is 1. The number of rotatable bonds is 4. The third-order valence-corrected chi connectivity index (χ3v) is 7.83. The van der Waals surface area contributed by atoms with Gasteiger partial charge in [0.2, 0.25) is 9.70 Å². The van der Waals surface area contributed by atoms with Crippen molar-refractivity contribution >= 4 is 63.9 Å². The topological polar surface area (TPSA) is 54.3 Å². The standard InChI is InChI=1S/C21H24Cl5N3O2/c1-20(2)13(7-15(22)23)17(20)18(31)27-19(21(24,25)26)28-8-11-6-12(10-28)14-4-3-5-16(30)29(14)9-11/h3-5,7,11-13,17,19H,6,8-10H2,1-2H3,(H,27,31)/t11-,12+,13?,17?,19?/m1/s1. The first-order valence-electron chi connectivity index (χ1n) is 10.2. The molecule has 0 radical (unpaired) electrons. The van der Waals surface area contributed by atoms with Gasteiger partial charge in [-0.25, -0.2) is 0 Å². The maximum absolute atomic E-state index is 13.1. The van der Waals surface area contributed by atoms with Crippen molar-refractivity contribution in [1.29, 1.82) is 0 Å². The number of hydrogen-bond acceptors (Lipinski definition) is 3. The number of carbonyl (C=O) groups is 1. The minimum atomic E-state index is -1.72. The highest BCUT2D eigenvalue weighted by atomic mass is 35.6. The molecule has 3 aliphatic rings. The van der Waals surface area contributed by atoms with Gasteiger partial charge in [-0.05, 0) is 35.8 Å². The lowest BCUT2D eigenvalue weighted by Crippen LogP contribution is -2.60. The Balaban J connectivity index is 1.54. The molecule has 3 heterocycles. The second kappa shape index (κ2) is 8.41. The van der Waals surface area contributed by atoms with Crippen LogP contribution in [0.15, 0.2) is 33.6 Å². The molecule has 1 aromatic heterocycles. The summed E-state index contributed by atoms with van der Waals surface area (Å²) in [5.74, 6) is -0.201. The predicted octanol–water partition coefficient (Wildman–Crippen LogP) is 4.67. The summed E-state index contributed by atoms with van der Waals surface area (Å²) < 4.78 is 0.272. The Bertz CT molecular complexity index is 966. The monoisotopic (exact) mass is 525 g/mol. The molecule has 1 N–H and O–H groups in total. The van der Waals surface area contributed by atoms with Gasteiger partial charge in [-0.1, -0.05) is 77.9 Å². The number of fused-ring (bicyclic) bond motifs is 4. The number of halogens is 5. The predicted molar refractivity (Wildman–Crippen MR) is 126 cm³/mol. The van der Waals surface area contributed by atoms with Crippen LogP contribution in [0.1, 0.15) is 31.9 Å². The van der Waals surface area contributed by atoms with Gasteiger partial charge in [0.15, 0.2) is 0 Å². The zero-order valence-electron chi connectivity index (χ0n) is 17.1. The molecule has 3 unspecified atom stereocenters. The van der Waals surface area contributed by atoms with Gasteiger partial charge < -0.3 is 9.88 Å². The van der Waals surface area contributed by atoms with E-state index in [0.29, 0.717) is 19.6 Å². The van der Waals surface area contributed by atoms with Crippen LogP contribution in [0.3, 0.4) is 0 Å². The van der Waals surface area contributed by atoms with Gasteiger partial charge in [0.05, 0.1) is 5.92 Å². The van der Waals surface area contributed by atoms with E-state index in [1.807, 2.05) is 29.4 Å². The highest BCUT2D eigenvalue weighted by Crippen LogP contribution is 2.60. The number of alkyl halides is 3. The second-order valence-electron chi connectivity index (χ2n) is 9.39. The summed E-state index contributed by atoms with van der Waals surface area (Å²) in [6.45, 7) is 5.81. The fourth-order valence-electron chi connectivity index (χ4n) is 5.37. The normalized spacial score (nSPS) is 30.2. The molecule has 1 aliphatic carbocycles. The molecule has 0 spiro atoms. The molecular formula is C21H24Cl5N3O2. The van der Waals surface area contributed by atoms with Gasteiger partial charge in [-0.3, -0.25) is 14.5 Å². The van der Waals surface area contributed by atoms with Crippen LogP contribution in [-0.2, 0) is 11.3 Å². The van der Waals surface area contributed by atoms with E-state index >= 15 is 0 Å². The fourth-order valence-corrected chi connectivity index (χ4v) is 6.22. The van der Waals surface area contributed by atoms with E-state index in [1.165, 1.54) is 0 Å². The summed E-state index contributed by atoms with van der Waals surface area (Å²) in [7, 11) is 0. The zero-order chi connectivity index (χ0) is 22.7. The highest BCUT2D eigenvalue weighted by molar-refractivity contribution is 6.68. The van der Waals surface area contributed by atoms with Gasteiger partial charge >= 0.3 is 0 Å². The zero-order valence-corrected chi connectivity index (χ0v) is 20.9. The molecule has 5 atom stereocenters. The molecule has 1 saturated heterocycles. The van der Waals surface area contributed by atoms with E-state index in [9.17, 15) is 9.59 Å². The summed E-state index contributed by atoms with van der Waals surface area (Å²) in [6.07, 6.45) is 1.87. The highest BCUT2D eigenvalue weighted by Gasteiger charge is 2.61. The third-order valence-electron chi connectivity index (χ3n) is 6.96. The Morgan fingerprint density at radius 1 is 1.23 bits per heavy atom. The van der Waals surface area contributed by atoms with Crippen molar-refractivity contribution in [3.05, 3.63) is 44.8 Å². The van der Waals surface area contributed by atoms with E-state index < -0.39 is 9.96 Å².